The zero-order valence-corrected chi connectivity index (χ0v) is 18.9. The summed E-state index contributed by atoms with van der Waals surface area (Å²) in [4.78, 5) is 25.1. The van der Waals surface area contributed by atoms with E-state index in [1.807, 2.05) is 13.8 Å². The van der Waals surface area contributed by atoms with Crippen molar-refractivity contribution >= 4 is 35.3 Å². The maximum atomic E-state index is 14.4. The summed E-state index contributed by atoms with van der Waals surface area (Å²) in [5, 5.41) is 17.8. The molecule has 0 fully saturated rings. The molecule has 0 radical (unpaired) electrons. The van der Waals surface area contributed by atoms with Gasteiger partial charge in [-0.1, -0.05) is 17.8 Å². The molecule has 0 bridgehead atoms. The molecule has 11 nitrogen and oxygen atoms in total. The molecule has 0 aliphatic heterocycles. The van der Waals surface area contributed by atoms with Crippen molar-refractivity contribution in [3.05, 3.63) is 48.3 Å². The van der Waals surface area contributed by atoms with E-state index in [2.05, 4.69) is 41.1 Å². The Morgan fingerprint density at radius 3 is 2.73 bits per heavy atom. The summed E-state index contributed by atoms with van der Waals surface area (Å²) < 4.78 is 17.7. The summed E-state index contributed by atoms with van der Waals surface area (Å²) in [6.45, 7) is 5.44. The standard InChI is InChI=1S/C20H23FN10OS/c1-3-23-17-26-18(24-4-2)31-19(27-17)28-29-20(31)33-11-16(32)25-10-13-5-6-15(14(21)9-13)30-8-7-22-12-30/h5-9,12H,3-4,10-11H2,1-2H3,(H,25,32)(H2,23,24,26,27,28). The third kappa shape index (κ3) is 5.19. The number of hydrogen-bond acceptors (Lipinski definition) is 9. The van der Waals surface area contributed by atoms with E-state index in [-0.39, 0.29) is 18.2 Å². The van der Waals surface area contributed by atoms with Crippen LogP contribution in [0.1, 0.15) is 19.4 Å². The van der Waals surface area contributed by atoms with Crippen LogP contribution in [0, 0.1) is 5.82 Å². The predicted octanol–water partition coefficient (Wildman–Crippen LogP) is 2.12. The number of rotatable bonds is 10. The van der Waals surface area contributed by atoms with Gasteiger partial charge in [-0.15, -0.1) is 10.2 Å². The van der Waals surface area contributed by atoms with Crippen LogP contribution in [-0.2, 0) is 11.3 Å². The Morgan fingerprint density at radius 1 is 1.15 bits per heavy atom. The third-order valence-electron chi connectivity index (χ3n) is 4.53. The molecule has 4 rings (SSSR count). The molecule has 1 aromatic carbocycles. The van der Waals surface area contributed by atoms with Gasteiger partial charge in [0.15, 0.2) is 5.16 Å². The lowest BCUT2D eigenvalue weighted by Crippen LogP contribution is -2.24. The summed E-state index contributed by atoms with van der Waals surface area (Å²) in [7, 11) is 0. The van der Waals surface area contributed by atoms with Crippen LogP contribution in [0.5, 0.6) is 0 Å². The van der Waals surface area contributed by atoms with Gasteiger partial charge in [-0.3, -0.25) is 4.79 Å². The van der Waals surface area contributed by atoms with Crippen molar-refractivity contribution in [2.75, 3.05) is 29.5 Å². The second-order valence-electron chi connectivity index (χ2n) is 6.87. The SMILES string of the molecule is CCNc1nc(NCC)n2c(SCC(=O)NCc3ccc(-n4ccnc4)c(F)c3)nnc2n1. The number of nitrogens with zero attached hydrogens (tertiary/aromatic N) is 7. The van der Waals surface area contributed by atoms with Crippen LogP contribution in [0.3, 0.4) is 0 Å². The zero-order chi connectivity index (χ0) is 23.2. The van der Waals surface area contributed by atoms with Crippen molar-refractivity contribution in [1.82, 2.24) is 39.4 Å². The van der Waals surface area contributed by atoms with Crippen molar-refractivity contribution in [1.29, 1.82) is 0 Å². The van der Waals surface area contributed by atoms with Gasteiger partial charge in [0.2, 0.25) is 17.8 Å². The Morgan fingerprint density at radius 2 is 2.00 bits per heavy atom. The highest BCUT2D eigenvalue weighted by Gasteiger charge is 2.16. The average Bonchev–Trinajstić information content (AvgIpc) is 3.47. The minimum absolute atomic E-state index is 0.108. The van der Waals surface area contributed by atoms with Crippen molar-refractivity contribution < 1.29 is 9.18 Å². The first-order valence-electron chi connectivity index (χ1n) is 10.4. The first kappa shape index (κ1) is 22.5. The number of imidazole rings is 1. The van der Waals surface area contributed by atoms with Crippen LogP contribution in [0.2, 0.25) is 0 Å². The Balaban J connectivity index is 1.38. The number of fused-ring (bicyclic) bond motifs is 1. The molecule has 0 saturated carbocycles. The fourth-order valence-corrected chi connectivity index (χ4v) is 3.81. The molecule has 33 heavy (non-hydrogen) atoms. The Kier molecular flexibility index (Phi) is 6.98. The quantitative estimate of drug-likeness (QED) is 0.299. The maximum absolute atomic E-state index is 14.4. The molecule has 0 aliphatic rings. The predicted molar refractivity (Wildman–Crippen MR) is 123 cm³/mol. The van der Waals surface area contributed by atoms with E-state index in [4.69, 9.17) is 0 Å². The number of hydrogen-bond donors (Lipinski definition) is 3. The first-order valence-corrected chi connectivity index (χ1v) is 11.3. The first-order chi connectivity index (χ1) is 16.1. The van der Waals surface area contributed by atoms with Gasteiger partial charge in [-0.25, -0.2) is 13.8 Å². The summed E-state index contributed by atoms with van der Waals surface area (Å²) in [6.07, 6.45) is 4.77. The molecule has 3 N–H and O–H groups in total. The number of halogens is 1. The Labute approximate surface area is 193 Å². The molecule has 13 heteroatoms. The lowest BCUT2D eigenvalue weighted by atomic mass is 10.2. The number of amides is 1. The second kappa shape index (κ2) is 10.3. The van der Waals surface area contributed by atoms with Crippen LogP contribution < -0.4 is 16.0 Å². The Hall–Kier alpha value is -3.74. The van der Waals surface area contributed by atoms with Gasteiger partial charge in [0, 0.05) is 32.0 Å². The van der Waals surface area contributed by atoms with Gasteiger partial charge >= 0.3 is 0 Å². The topological polar surface area (TPSA) is 127 Å². The van der Waals surface area contributed by atoms with E-state index in [9.17, 15) is 9.18 Å². The van der Waals surface area contributed by atoms with E-state index in [0.717, 1.165) is 0 Å². The molecule has 1 amide bonds. The molecule has 172 valence electrons. The summed E-state index contributed by atoms with van der Waals surface area (Å²) in [5.41, 5.74) is 1.05. The monoisotopic (exact) mass is 470 g/mol. The summed E-state index contributed by atoms with van der Waals surface area (Å²) >= 11 is 1.22. The summed E-state index contributed by atoms with van der Waals surface area (Å²) in [5.74, 6) is 0.877. The molecule has 4 aromatic rings. The molecule has 3 heterocycles. The minimum atomic E-state index is -0.392. The van der Waals surface area contributed by atoms with E-state index in [1.165, 1.54) is 24.2 Å². The smallest absolute Gasteiger partial charge is 0.261 e. The van der Waals surface area contributed by atoms with Gasteiger partial charge in [0.1, 0.15) is 5.82 Å². The fourth-order valence-electron chi connectivity index (χ4n) is 3.05. The van der Waals surface area contributed by atoms with Crippen LogP contribution in [-0.4, -0.2) is 58.9 Å². The van der Waals surface area contributed by atoms with Crippen LogP contribution in [0.4, 0.5) is 16.3 Å². The maximum Gasteiger partial charge on any atom is 0.261 e. The van der Waals surface area contributed by atoms with Crippen molar-refractivity contribution in [3.63, 3.8) is 0 Å². The van der Waals surface area contributed by atoms with Crippen LogP contribution in [0.15, 0.2) is 42.1 Å². The molecule has 0 unspecified atom stereocenters. The van der Waals surface area contributed by atoms with Gasteiger partial charge < -0.3 is 20.5 Å². The number of benzene rings is 1. The number of nitrogens with one attached hydrogen (secondary N) is 3. The molecule has 0 saturated heterocycles. The van der Waals surface area contributed by atoms with E-state index in [1.54, 1.807) is 33.5 Å². The minimum Gasteiger partial charge on any atom is -0.355 e. The fraction of sp³-hybridized carbons (Fsp3) is 0.300. The summed E-state index contributed by atoms with van der Waals surface area (Å²) in [6, 6.07) is 4.82. The lowest BCUT2D eigenvalue weighted by molar-refractivity contribution is -0.118. The van der Waals surface area contributed by atoms with Crippen molar-refractivity contribution in [2.45, 2.75) is 25.5 Å². The molecular weight excluding hydrogens is 447 g/mol. The van der Waals surface area contributed by atoms with Crippen molar-refractivity contribution in [3.8, 4) is 5.69 Å². The normalized spacial score (nSPS) is 11.0. The number of aromatic nitrogens is 7. The molecular formula is C20H23FN10OS. The average molecular weight is 471 g/mol. The van der Waals surface area contributed by atoms with Gasteiger partial charge in [-0.05, 0) is 31.5 Å². The highest BCUT2D eigenvalue weighted by Crippen LogP contribution is 2.21. The van der Waals surface area contributed by atoms with Crippen LogP contribution >= 0.6 is 11.8 Å². The highest BCUT2D eigenvalue weighted by atomic mass is 32.2. The zero-order valence-electron chi connectivity index (χ0n) is 18.1. The lowest BCUT2D eigenvalue weighted by Gasteiger charge is -2.10. The van der Waals surface area contributed by atoms with Gasteiger partial charge in [0.05, 0.1) is 17.8 Å². The second-order valence-corrected chi connectivity index (χ2v) is 7.81. The highest BCUT2D eigenvalue weighted by molar-refractivity contribution is 7.99. The van der Waals surface area contributed by atoms with E-state index in [0.29, 0.717) is 47.2 Å². The molecule has 0 atom stereocenters. The Bertz CT molecular complexity index is 1240. The van der Waals surface area contributed by atoms with Crippen LogP contribution in [0.25, 0.3) is 11.5 Å². The number of anilines is 2. The molecule has 0 aliphatic carbocycles. The van der Waals surface area contributed by atoms with E-state index >= 15 is 0 Å². The number of carbonyl (C=O) groups is 1. The van der Waals surface area contributed by atoms with Gasteiger partial charge in [-0.2, -0.15) is 9.97 Å². The number of carbonyl (C=O) groups excluding carboxylic acids is 1. The number of thioether (sulfide) groups is 1. The molecule has 3 aromatic heterocycles. The third-order valence-corrected chi connectivity index (χ3v) is 5.46. The molecule has 0 spiro atoms. The largest absolute Gasteiger partial charge is 0.355 e. The van der Waals surface area contributed by atoms with Gasteiger partial charge in [0.25, 0.3) is 5.78 Å². The van der Waals surface area contributed by atoms with Crippen molar-refractivity contribution in [2.24, 2.45) is 0 Å². The van der Waals surface area contributed by atoms with E-state index < -0.39 is 5.82 Å².